The van der Waals surface area contributed by atoms with Crippen molar-refractivity contribution in [3.05, 3.63) is 43.0 Å². The van der Waals surface area contributed by atoms with Crippen molar-refractivity contribution in [2.75, 3.05) is 19.8 Å². The number of nitrogens with one attached hydrogen (secondary N) is 1. The Morgan fingerprint density at radius 3 is 1.64 bits per heavy atom. The topological polar surface area (TPSA) is 221 Å². The van der Waals surface area contributed by atoms with Crippen LogP contribution in [0.25, 0.3) is 10.4 Å². The van der Waals surface area contributed by atoms with Gasteiger partial charge in [-0.2, -0.15) is 0 Å². The standard InChI is InChI=1S/C49H88N5O11P/c1-4-6-8-10-12-14-16-18-20-22-24-26-28-30-32-34-46(55)61-38-42(64-47(56)35-33-31-29-27-25-23-21-19-17-15-13-11-9-7-5-2)39-62-66(59,60)63-40-44-43(52-53-50)36-45(65-44)54-37-41(3)48(57)51-49(54)58/h37,42-45H,4-36,38-40H2,1-3H3,(H,59,60)(H,51,57,58)/t42?,43-,44+,45+/m0/s1. The first-order chi connectivity index (χ1) is 32.0. The highest BCUT2D eigenvalue weighted by Crippen LogP contribution is 2.45. The van der Waals surface area contributed by atoms with Crippen LogP contribution in [-0.2, 0) is 37.4 Å². The van der Waals surface area contributed by atoms with Gasteiger partial charge in [0.15, 0.2) is 6.10 Å². The molecule has 2 rings (SSSR count). The molecule has 1 aliphatic heterocycles. The van der Waals surface area contributed by atoms with Crippen LogP contribution in [0, 0.1) is 6.92 Å². The van der Waals surface area contributed by atoms with Crippen molar-refractivity contribution in [2.45, 2.75) is 257 Å². The maximum atomic E-state index is 13.1. The normalized spacial score (nSPS) is 17.3. The molecule has 1 saturated heterocycles. The van der Waals surface area contributed by atoms with Gasteiger partial charge in [-0.1, -0.05) is 199 Å². The molecule has 0 aromatic carbocycles. The highest BCUT2D eigenvalue weighted by atomic mass is 31.2. The second-order valence-electron chi connectivity index (χ2n) is 18.4. The Hall–Kier alpha value is -3.00. The van der Waals surface area contributed by atoms with Crippen LogP contribution in [0.5, 0.6) is 0 Å². The van der Waals surface area contributed by atoms with E-state index in [0.29, 0.717) is 12.8 Å². The average Bonchev–Trinajstić information content (AvgIpc) is 3.70. The summed E-state index contributed by atoms with van der Waals surface area (Å²) in [5, 5.41) is 3.70. The fourth-order valence-electron chi connectivity index (χ4n) is 8.31. The first-order valence-corrected chi connectivity index (χ1v) is 27.5. The number of aromatic nitrogens is 2. The van der Waals surface area contributed by atoms with E-state index in [2.05, 4.69) is 28.9 Å². The zero-order chi connectivity index (χ0) is 48.1. The van der Waals surface area contributed by atoms with Crippen molar-refractivity contribution in [2.24, 2.45) is 5.11 Å². The van der Waals surface area contributed by atoms with Gasteiger partial charge in [0.1, 0.15) is 12.8 Å². The van der Waals surface area contributed by atoms with Crippen molar-refractivity contribution in [3.63, 3.8) is 0 Å². The second kappa shape index (κ2) is 37.9. The lowest BCUT2D eigenvalue weighted by Gasteiger charge is -2.21. The Labute approximate surface area is 395 Å². The van der Waals surface area contributed by atoms with E-state index in [-0.39, 0.29) is 31.4 Å². The van der Waals surface area contributed by atoms with Gasteiger partial charge in [-0.25, -0.2) is 9.36 Å². The molecule has 0 radical (unpaired) electrons. The van der Waals surface area contributed by atoms with Gasteiger partial charge in [0, 0.05) is 35.9 Å². The molecule has 0 saturated carbocycles. The number of aryl methyl sites for hydroxylation is 1. The average molecular weight is 954 g/mol. The fraction of sp³-hybridized carbons (Fsp3) is 0.878. The van der Waals surface area contributed by atoms with E-state index in [1.54, 1.807) is 0 Å². The van der Waals surface area contributed by atoms with Gasteiger partial charge in [0.2, 0.25) is 0 Å². The number of hydrogen-bond acceptors (Lipinski definition) is 11. The predicted octanol–water partition coefficient (Wildman–Crippen LogP) is 12.9. The molecule has 66 heavy (non-hydrogen) atoms. The SMILES string of the molecule is CCCCCCCCCCCCCCCCCC(=O)OCC(COP(=O)(O)OC[C@H]1O[C@@H](n2cc(C)c(=O)[nH]c2=O)C[C@@H]1N=[N+]=[N-])OC(=O)CCCCCCCCCCCCCCCCC. The summed E-state index contributed by atoms with van der Waals surface area (Å²) in [5.41, 5.74) is 8.10. The second-order valence-corrected chi connectivity index (χ2v) is 19.8. The summed E-state index contributed by atoms with van der Waals surface area (Å²) in [5.74, 6) is -0.980. The van der Waals surface area contributed by atoms with Crippen LogP contribution in [0.2, 0.25) is 0 Å². The number of phosphoric ester groups is 1. The van der Waals surface area contributed by atoms with Crippen LogP contribution in [0.4, 0.5) is 0 Å². The van der Waals surface area contributed by atoms with E-state index in [1.165, 1.54) is 154 Å². The smallest absolute Gasteiger partial charge is 0.462 e. The van der Waals surface area contributed by atoms with Crippen molar-refractivity contribution in [1.82, 2.24) is 9.55 Å². The van der Waals surface area contributed by atoms with Crippen LogP contribution in [0.15, 0.2) is 20.9 Å². The molecule has 2 unspecified atom stereocenters. The molecule has 0 aliphatic carbocycles. The minimum absolute atomic E-state index is 0.0300. The molecule has 0 amide bonds. The van der Waals surface area contributed by atoms with Crippen molar-refractivity contribution >= 4 is 19.8 Å². The maximum Gasteiger partial charge on any atom is 0.472 e. The van der Waals surface area contributed by atoms with Crippen LogP contribution in [0.3, 0.4) is 0 Å². The molecule has 0 bridgehead atoms. The largest absolute Gasteiger partial charge is 0.472 e. The highest BCUT2D eigenvalue weighted by molar-refractivity contribution is 7.47. The van der Waals surface area contributed by atoms with E-state index in [1.807, 2.05) is 0 Å². The van der Waals surface area contributed by atoms with E-state index in [4.69, 9.17) is 28.8 Å². The minimum Gasteiger partial charge on any atom is -0.462 e. The number of ether oxygens (including phenoxy) is 3. The minimum atomic E-state index is -4.81. The highest BCUT2D eigenvalue weighted by Gasteiger charge is 2.38. The summed E-state index contributed by atoms with van der Waals surface area (Å²) in [6.07, 6.45) is 34.7. The molecule has 2 N–H and O–H groups in total. The number of phosphoric acid groups is 1. The van der Waals surface area contributed by atoms with Gasteiger partial charge in [-0.15, -0.1) is 0 Å². The molecule has 5 atom stereocenters. The molecular formula is C49H88N5O11P. The Kier molecular flexibility index (Phi) is 34.0. The van der Waals surface area contributed by atoms with Gasteiger partial charge in [0.25, 0.3) is 5.56 Å². The van der Waals surface area contributed by atoms with Gasteiger partial charge in [-0.3, -0.25) is 33.0 Å². The number of azide groups is 1. The Balaban J connectivity index is 1.78. The third-order valence-electron chi connectivity index (χ3n) is 12.4. The Bertz CT molecular complexity index is 1650. The number of carbonyl (C=O) groups is 2. The van der Waals surface area contributed by atoms with Crippen molar-refractivity contribution in [3.8, 4) is 0 Å². The summed E-state index contributed by atoms with van der Waals surface area (Å²) in [7, 11) is -4.81. The molecule has 17 heteroatoms. The summed E-state index contributed by atoms with van der Waals surface area (Å²) in [4.78, 5) is 65.6. The molecule has 16 nitrogen and oxygen atoms in total. The van der Waals surface area contributed by atoms with Gasteiger partial charge >= 0.3 is 25.5 Å². The van der Waals surface area contributed by atoms with E-state index in [9.17, 15) is 28.6 Å². The Morgan fingerprint density at radius 2 is 1.18 bits per heavy atom. The van der Waals surface area contributed by atoms with Gasteiger partial charge < -0.3 is 19.1 Å². The molecule has 1 fully saturated rings. The molecular weight excluding hydrogens is 866 g/mol. The zero-order valence-electron chi connectivity index (χ0n) is 41.1. The fourth-order valence-corrected chi connectivity index (χ4v) is 9.07. The van der Waals surface area contributed by atoms with Crippen LogP contribution < -0.4 is 11.2 Å². The third kappa shape index (κ3) is 29.0. The lowest BCUT2D eigenvalue weighted by Crippen LogP contribution is -2.33. The lowest BCUT2D eigenvalue weighted by molar-refractivity contribution is -0.161. The van der Waals surface area contributed by atoms with Gasteiger partial charge in [0.05, 0.1) is 25.4 Å². The summed E-state index contributed by atoms with van der Waals surface area (Å²) >= 11 is 0. The van der Waals surface area contributed by atoms with Gasteiger partial charge in [-0.05, 0) is 25.3 Å². The lowest BCUT2D eigenvalue weighted by atomic mass is 10.0. The quantitative estimate of drug-likeness (QED) is 0.0156. The molecule has 1 aromatic rings. The summed E-state index contributed by atoms with van der Waals surface area (Å²) in [6.45, 7) is 4.50. The first kappa shape index (κ1) is 59.1. The Morgan fingerprint density at radius 1 is 0.742 bits per heavy atom. The number of carbonyl (C=O) groups excluding carboxylic acids is 2. The number of H-pyrrole nitrogens is 1. The van der Waals surface area contributed by atoms with Crippen LogP contribution in [0.1, 0.15) is 238 Å². The summed E-state index contributed by atoms with van der Waals surface area (Å²) < 4.78 is 41.6. The van der Waals surface area contributed by atoms with E-state index < -0.39 is 68.7 Å². The molecule has 1 aliphatic rings. The monoisotopic (exact) mass is 954 g/mol. The van der Waals surface area contributed by atoms with Crippen LogP contribution in [-0.4, -0.2) is 64.5 Å². The number of hydrogen-bond donors (Lipinski definition) is 2. The molecule has 380 valence electrons. The number of unbranched alkanes of at least 4 members (excludes halogenated alkanes) is 28. The van der Waals surface area contributed by atoms with E-state index in [0.717, 1.165) is 43.1 Å². The predicted molar refractivity (Wildman–Crippen MR) is 259 cm³/mol. The number of nitrogens with zero attached hydrogens (tertiary/aromatic N) is 4. The van der Waals surface area contributed by atoms with Crippen molar-refractivity contribution in [1.29, 1.82) is 0 Å². The summed E-state index contributed by atoms with van der Waals surface area (Å²) in [6, 6.07) is -0.878. The zero-order valence-corrected chi connectivity index (χ0v) is 42.0. The molecule has 2 heterocycles. The number of aromatic amines is 1. The van der Waals surface area contributed by atoms with Crippen LogP contribution >= 0.6 is 7.82 Å². The number of rotatable bonds is 43. The first-order valence-electron chi connectivity index (χ1n) is 26.0. The third-order valence-corrected chi connectivity index (χ3v) is 13.3. The molecule has 1 aromatic heterocycles. The molecule has 0 spiro atoms. The van der Waals surface area contributed by atoms with E-state index >= 15 is 0 Å². The number of esters is 2. The maximum absolute atomic E-state index is 13.1. The van der Waals surface area contributed by atoms with Crippen molar-refractivity contribution < 1.29 is 42.3 Å².